The van der Waals surface area contributed by atoms with Crippen LogP contribution < -0.4 is 0 Å². The minimum Gasteiger partial charge on any atom is -0.744 e. The summed E-state index contributed by atoms with van der Waals surface area (Å²) in [5.41, 5.74) is 3.83. The SMILES string of the molecule is CCCCCCCCCCCc1ccc2c(S(=O)(=O)[O-])c(CCCCCCCCCCC)ccc2c1.CCCCCCCCCCCc1ccc2c(S(=O)(=O)[O-])c(CCCCCCCCCCC)ccc2c1.[Ba+2]. The molecular weight excluding hydrogens is 1070 g/mol. The molecule has 0 aliphatic carbocycles. The molecule has 0 bridgehead atoms. The zero-order chi connectivity index (χ0) is 52.1. The molecule has 408 valence electrons. The second-order valence-electron chi connectivity index (χ2n) is 21.4. The second kappa shape index (κ2) is 41.8. The average Bonchev–Trinajstić information content (AvgIpc) is 3.35. The van der Waals surface area contributed by atoms with Crippen molar-refractivity contribution in [3.63, 3.8) is 0 Å². The Morgan fingerprint density at radius 1 is 0.301 bits per heavy atom. The van der Waals surface area contributed by atoms with E-state index in [0.29, 0.717) is 34.7 Å². The largest absolute Gasteiger partial charge is 2.00 e. The molecule has 0 saturated heterocycles. The van der Waals surface area contributed by atoms with Crippen LogP contribution in [-0.4, -0.2) is 74.8 Å². The molecular formula is C64H102BaO6S2. The molecule has 0 spiro atoms. The zero-order valence-corrected chi connectivity index (χ0v) is 53.1. The van der Waals surface area contributed by atoms with Crippen LogP contribution in [0.25, 0.3) is 21.5 Å². The van der Waals surface area contributed by atoms with Crippen LogP contribution in [0.4, 0.5) is 0 Å². The third kappa shape index (κ3) is 29.4. The van der Waals surface area contributed by atoms with Gasteiger partial charge < -0.3 is 9.11 Å². The predicted molar refractivity (Wildman–Crippen MR) is 313 cm³/mol. The first-order valence-corrected chi connectivity index (χ1v) is 32.8. The molecule has 6 nitrogen and oxygen atoms in total. The minimum atomic E-state index is -4.52. The van der Waals surface area contributed by atoms with Gasteiger partial charge in [0, 0.05) is 0 Å². The molecule has 73 heavy (non-hydrogen) atoms. The molecule has 0 aromatic heterocycles. The van der Waals surface area contributed by atoms with Gasteiger partial charge in [0.15, 0.2) is 0 Å². The normalized spacial score (nSPS) is 11.8. The Balaban J connectivity index is 0.000000493. The van der Waals surface area contributed by atoms with Crippen molar-refractivity contribution in [3.8, 4) is 0 Å². The predicted octanol–water partition coefficient (Wildman–Crippen LogP) is 19.4. The number of hydrogen-bond donors (Lipinski definition) is 0. The smallest absolute Gasteiger partial charge is 0.744 e. The summed E-state index contributed by atoms with van der Waals surface area (Å²) in [4.78, 5) is 0.0170. The number of benzene rings is 4. The maximum absolute atomic E-state index is 12.2. The van der Waals surface area contributed by atoms with E-state index < -0.39 is 20.2 Å². The number of unbranched alkanes of at least 4 members (excludes halogenated alkanes) is 32. The van der Waals surface area contributed by atoms with Gasteiger partial charge in [-0.05, 0) is 95.2 Å². The summed E-state index contributed by atoms with van der Waals surface area (Å²) in [7, 11) is -9.04. The number of hydrogen-bond acceptors (Lipinski definition) is 6. The topological polar surface area (TPSA) is 114 Å². The maximum Gasteiger partial charge on any atom is 2.00 e. The number of aryl methyl sites for hydroxylation is 4. The maximum atomic E-state index is 12.2. The Kier molecular flexibility index (Phi) is 38.9. The fourth-order valence-corrected chi connectivity index (χ4v) is 12.5. The van der Waals surface area contributed by atoms with Gasteiger partial charge in [-0.15, -0.1) is 0 Å². The van der Waals surface area contributed by atoms with Gasteiger partial charge >= 0.3 is 48.9 Å². The molecule has 4 rings (SSSR count). The summed E-state index contributed by atoms with van der Waals surface area (Å²) >= 11 is 0. The molecule has 0 atom stereocenters. The van der Waals surface area contributed by atoms with E-state index in [1.54, 1.807) is 0 Å². The van der Waals surface area contributed by atoms with Gasteiger partial charge in [0.2, 0.25) is 0 Å². The van der Waals surface area contributed by atoms with Gasteiger partial charge in [0.25, 0.3) is 0 Å². The Hall–Kier alpha value is -1.21. The van der Waals surface area contributed by atoms with E-state index in [-0.39, 0.29) is 58.7 Å². The molecule has 9 heteroatoms. The summed E-state index contributed by atoms with van der Waals surface area (Å²) in [5.74, 6) is 0. The van der Waals surface area contributed by atoms with Crippen molar-refractivity contribution >= 4 is 90.7 Å². The first kappa shape index (κ1) is 67.9. The molecule has 4 aromatic rings. The van der Waals surface area contributed by atoms with E-state index in [1.807, 2.05) is 48.5 Å². The molecule has 4 aromatic carbocycles. The van der Waals surface area contributed by atoms with Crippen LogP contribution in [0.3, 0.4) is 0 Å². The molecule has 0 N–H and O–H groups in total. The van der Waals surface area contributed by atoms with Gasteiger partial charge in [-0.25, -0.2) is 16.8 Å². The van der Waals surface area contributed by atoms with Crippen LogP contribution in [0.2, 0.25) is 0 Å². The fourth-order valence-electron chi connectivity index (χ4n) is 10.6. The van der Waals surface area contributed by atoms with Crippen molar-refractivity contribution in [2.24, 2.45) is 0 Å². The van der Waals surface area contributed by atoms with Crippen molar-refractivity contribution in [1.82, 2.24) is 0 Å². The quantitative estimate of drug-likeness (QED) is 0.0248. The van der Waals surface area contributed by atoms with Crippen LogP contribution in [0, 0.1) is 0 Å². The molecule has 0 amide bonds. The van der Waals surface area contributed by atoms with E-state index in [9.17, 15) is 25.9 Å². The standard InChI is InChI=1S/2C32H52O3S.Ba/c2*1-3-5-7-9-11-13-15-17-19-21-28-23-26-31-30(27-28)25-24-29(32(31)36(33,34)35)22-20-18-16-14-12-10-8-6-4-2;/h2*23-27H,3-22H2,1-2H3,(H,33,34,35);/q;;+2/p-2. The molecule has 0 unspecified atom stereocenters. The Bertz CT molecular complexity index is 2100. The van der Waals surface area contributed by atoms with E-state index in [2.05, 4.69) is 39.8 Å². The van der Waals surface area contributed by atoms with Crippen molar-refractivity contribution in [2.45, 2.75) is 294 Å². The number of fused-ring (bicyclic) bond motifs is 2. The van der Waals surface area contributed by atoms with Gasteiger partial charge in [-0.1, -0.05) is 294 Å². The van der Waals surface area contributed by atoms with Gasteiger partial charge in [0.1, 0.15) is 20.2 Å². The third-order valence-corrected chi connectivity index (χ3v) is 16.9. The van der Waals surface area contributed by atoms with Crippen molar-refractivity contribution in [1.29, 1.82) is 0 Å². The zero-order valence-electron chi connectivity index (χ0n) is 47.0. The molecule has 0 fully saturated rings. The van der Waals surface area contributed by atoms with Crippen molar-refractivity contribution in [3.05, 3.63) is 82.9 Å². The van der Waals surface area contributed by atoms with Crippen molar-refractivity contribution < 1.29 is 25.9 Å². The van der Waals surface area contributed by atoms with E-state index in [4.69, 9.17) is 0 Å². The monoisotopic (exact) mass is 1170 g/mol. The van der Waals surface area contributed by atoms with Crippen molar-refractivity contribution in [2.75, 3.05) is 0 Å². The van der Waals surface area contributed by atoms with Crippen LogP contribution >= 0.6 is 0 Å². The summed E-state index contributed by atoms with van der Waals surface area (Å²) in [6.07, 6.45) is 48.8. The molecule has 0 radical (unpaired) electrons. The van der Waals surface area contributed by atoms with Crippen LogP contribution in [0.1, 0.15) is 281 Å². The van der Waals surface area contributed by atoms with Crippen LogP contribution in [0.15, 0.2) is 70.5 Å². The van der Waals surface area contributed by atoms with E-state index in [0.717, 1.165) is 62.1 Å². The summed E-state index contributed by atoms with van der Waals surface area (Å²) in [6, 6.07) is 19.7. The second-order valence-corrected chi connectivity index (χ2v) is 24.1. The Morgan fingerprint density at radius 2 is 0.534 bits per heavy atom. The molecule has 0 aliphatic rings. The van der Waals surface area contributed by atoms with E-state index in [1.165, 1.54) is 204 Å². The van der Waals surface area contributed by atoms with Gasteiger partial charge in [-0.3, -0.25) is 0 Å². The van der Waals surface area contributed by atoms with Crippen LogP contribution in [-0.2, 0) is 45.9 Å². The minimum absolute atomic E-state index is 0. The summed E-state index contributed by atoms with van der Waals surface area (Å²) in [6.45, 7) is 8.98. The first-order chi connectivity index (χ1) is 34.9. The molecule has 0 saturated carbocycles. The summed E-state index contributed by atoms with van der Waals surface area (Å²) < 4.78 is 73.3. The van der Waals surface area contributed by atoms with Crippen LogP contribution in [0.5, 0.6) is 0 Å². The third-order valence-electron chi connectivity index (χ3n) is 15.0. The van der Waals surface area contributed by atoms with Gasteiger partial charge in [-0.2, -0.15) is 0 Å². The van der Waals surface area contributed by atoms with Gasteiger partial charge in [0.05, 0.1) is 9.79 Å². The molecule has 0 heterocycles. The van der Waals surface area contributed by atoms with E-state index >= 15 is 0 Å². The first-order valence-electron chi connectivity index (χ1n) is 29.9. The summed E-state index contributed by atoms with van der Waals surface area (Å²) in [5, 5.41) is 2.92. The number of rotatable bonds is 42. The average molecular weight is 1170 g/mol. The molecule has 0 aliphatic heterocycles. The Morgan fingerprint density at radius 3 is 0.781 bits per heavy atom. The Labute approximate surface area is 489 Å². The fraction of sp³-hybridized carbons (Fsp3) is 0.688.